The number of rotatable bonds is 2. The molecule has 1 saturated heterocycles. The normalized spacial score (nSPS) is 29.1. The SMILES string of the molecule is O=C(c1ccccc1)N1CCN(C(=O)[C@@H]2C[C@H]3C=C[C@H]2C3)CC1. The quantitative estimate of drug-likeness (QED) is 0.786. The maximum atomic E-state index is 12.7. The van der Waals surface area contributed by atoms with Gasteiger partial charge in [0.05, 0.1) is 0 Å². The highest BCUT2D eigenvalue weighted by Crippen LogP contribution is 2.44. The molecule has 0 N–H and O–H groups in total. The standard InChI is InChI=1S/C19H22N2O2/c22-18(15-4-2-1-3-5-15)20-8-10-21(11-9-20)19(23)17-13-14-6-7-16(17)12-14/h1-7,14,16-17H,8-13H2/t14-,16-,17+/m0/s1. The summed E-state index contributed by atoms with van der Waals surface area (Å²) in [4.78, 5) is 29.0. The molecule has 2 aliphatic carbocycles. The molecule has 4 nitrogen and oxygen atoms in total. The number of amides is 2. The van der Waals surface area contributed by atoms with Gasteiger partial charge in [-0.2, -0.15) is 0 Å². The Morgan fingerprint density at radius 3 is 2.17 bits per heavy atom. The van der Waals surface area contributed by atoms with E-state index in [1.165, 1.54) is 0 Å². The molecule has 0 radical (unpaired) electrons. The fraction of sp³-hybridized carbons (Fsp3) is 0.474. The summed E-state index contributed by atoms with van der Waals surface area (Å²) in [6.07, 6.45) is 6.67. The summed E-state index contributed by atoms with van der Waals surface area (Å²) in [7, 11) is 0. The molecule has 0 aromatic heterocycles. The molecule has 120 valence electrons. The van der Waals surface area contributed by atoms with Gasteiger partial charge in [-0.1, -0.05) is 30.4 Å². The fourth-order valence-corrected chi connectivity index (χ4v) is 4.19. The second-order valence-corrected chi connectivity index (χ2v) is 6.87. The average Bonchev–Trinajstić information content (AvgIpc) is 3.25. The Morgan fingerprint density at radius 1 is 0.870 bits per heavy atom. The van der Waals surface area contributed by atoms with E-state index in [0.717, 1.165) is 18.4 Å². The highest BCUT2D eigenvalue weighted by Gasteiger charge is 2.42. The zero-order chi connectivity index (χ0) is 15.8. The predicted molar refractivity (Wildman–Crippen MR) is 87.8 cm³/mol. The molecule has 1 saturated carbocycles. The summed E-state index contributed by atoms with van der Waals surface area (Å²) in [5.74, 6) is 1.63. The average molecular weight is 310 g/mol. The second-order valence-electron chi connectivity index (χ2n) is 6.87. The molecule has 3 aliphatic rings. The molecule has 1 aromatic carbocycles. The first kappa shape index (κ1) is 14.5. The van der Waals surface area contributed by atoms with Crippen molar-refractivity contribution in [3.63, 3.8) is 0 Å². The lowest BCUT2D eigenvalue weighted by molar-refractivity contribution is -0.137. The largest absolute Gasteiger partial charge is 0.339 e. The molecule has 4 heteroatoms. The number of carbonyl (C=O) groups excluding carboxylic acids is 2. The molecular weight excluding hydrogens is 288 g/mol. The van der Waals surface area contributed by atoms with Crippen LogP contribution in [0.15, 0.2) is 42.5 Å². The van der Waals surface area contributed by atoms with Gasteiger partial charge in [-0.3, -0.25) is 9.59 Å². The molecule has 2 bridgehead atoms. The van der Waals surface area contributed by atoms with Crippen LogP contribution < -0.4 is 0 Å². The third-order valence-electron chi connectivity index (χ3n) is 5.50. The lowest BCUT2D eigenvalue weighted by atomic mass is 9.92. The Bertz CT molecular complexity index is 632. The van der Waals surface area contributed by atoms with Gasteiger partial charge < -0.3 is 9.80 Å². The summed E-state index contributed by atoms with van der Waals surface area (Å²) in [5.41, 5.74) is 0.727. The summed E-state index contributed by atoms with van der Waals surface area (Å²) >= 11 is 0. The van der Waals surface area contributed by atoms with Gasteiger partial charge in [0.2, 0.25) is 5.91 Å². The van der Waals surface area contributed by atoms with Gasteiger partial charge in [-0.15, -0.1) is 0 Å². The number of benzene rings is 1. The third-order valence-corrected chi connectivity index (χ3v) is 5.50. The summed E-state index contributed by atoms with van der Waals surface area (Å²) in [6, 6.07) is 9.38. The zero-order valence-corrected chi connectivity index (χ0v) is 13.2. The topological polar surface area (TPSA) is 40.6 Å². The van der Waals surface area contributed by atoms with E-state index in [9.17, 15) is 9.59 Å². The zero-order valence-electron chi connectivity index (χ0n) is 13.2. The smallest absolute Gasteiger partial charge is 0.253 e. The van der Waals surface area contributed by atoms with Crippen molar-refractivity contribution in [1.82, 2.24) is 9.80 Å². The van der Waals surface area contributed by atoms with Crippen LogP contribution in [0.2, 0.25) is 0 Å². The van der Waals surface area contributed by atoms with Crippen LogP contribution in [0.25, 0.3) is 0 Å². The predicted octanol–water partition coefficient (Wildman–Crippen LogP) is 2.18. The van der Waals surface area contributed by atoms with E-state index in [4.69, 9.17) is 0 Å². The summed E-state index contributed by atoms with van der Waals surface area (Å²) in [6.45, 7) is 2.59. The van der Waals surface area contributed by atoms with Crippen molar-refractivity contribution in [1.29, 1.82) is 0 Å². The van der Waals surface area contributed by atoms with E-state index < -0.39 is 0 Å². The first-order chi connectivity index (χ1) is 11.2. The molecule has 1 heterocycles. The van der Waals surface area contributed by atoms with Crippen LogP contribution >= 0.6 is 0 Å². The number of allylic oxidation sites excluding steroid dienone is 2. The van der Waals surface area contributed by atoms with E-state index in [1.807, 2.05) is 40.1 Å². The van der Waals surface area contributed by atoms with E-state index in [1.54, 1.807) is 0 Å². The molecule has 2 fully saturated rings. The van der Waals surface area contributed by atoms with Crippen molar-refractivity contribution < 1.29 is 9.59 Å². The molecule has 1 aliphatic heterocycles. The summed E-state index contributed by atoms with van der Waals surface area (Å²) < 4.78 is 0. The lowest BCUT2D eigenvalue weighted by Gasteiger charge is -2.36. The van der Waals surface area contributed by atoms with E-state index in [2.05, 4.69) is 12.2 Å². The number of hydrogen-bond acceptors (Lipinski definition) is 2. The summed E-state index contributed by atoms with van der Waals surface area (Å²) in [5, 5.41) is 0. The first-order valence-electron chi connectivity index (χ1n) is 8.54. The second kappa shape index (κ2) is 5.84. The molecule has 2 amide bonds. The van der Waals surface area contributed by atoms with Crippen LogP contribution in [0, 0.1) is 17.8 Å². The van der Waals surface area contributed by atoms with Crippen molar-refractivity contribution >= 4 is 11.8 Å². The van der Waals surface area contributed by atoms with Gasteiger partial charge in [0.25, 0.3) is 5.91 Å². The Hall–Kier alpha value is -2.10. The number of carbonyl (C=O) groups is 2. The Labute approximate surface area is 136 Å². The Balaban J connectivity index is 1.35. The minimum Gasteiger partial charge on any atom is -0.339 e. The molecule has 0 unspecified atom stereocenters. The van der Waals surface area contributed by atoms with Crippen molar-refractivity contribution in [3.8, 4) is 0 Å². The van der Waals surface area contributed by atoms with Gasteiger partial charge in [0, 0.05) is 37.7 Å². The number of nitrogens with zero attached hydrogens (tertiary/aromatic N) is 2. The van der Waals surface area contributed by atoms with Crippen LogP contribution in [0.4, 0.5) is 0 Å². The van der Waals surface area contributed by atoms with Crippen LogP contribution in [-0.2, 0) is 4.79 Å². The minimum absolute atomic E-state index is 0.0700. The van der Waals surface area contributed by atoms with Gasteiger partial charge in [0.15, 0.2) is 0 Å². The van der Waals surface area contributed by atoms with Crippen LogP contribution in [-0.4, -0.2) is 47.8 Å². The maximum absolute atomic E-state index is 12.7. The number of piperazine rings is 1. The van der Waals surface area contributed by atoms with Crippen LogP contribution in [0.5, 0.6) is 0 Å². The van der Waals surface area contributed by atoms with E-state index in [0.29, 0.717) is 43.9 Å². The van der Waals surface area contributed by atoms with Gasteiger partial charge >= 0.3 is 0 Å². The number of fused-ring (bicyclic) bond motifs is 2. The minimum atomic E-state index is 0.0700. The highest BCUT2D eigenvalue weighted by atomic mass is 16.2. The van der Waals surface area contributed by atoms with E-state index in [-0.39, 0.29) is 11.8 Å². The fourth-order valence-electron chi connectivity index (χ4n) is 4.19. The van der Waals surface area contributed by atoms with Gasteiger partial charge in [0.1, 0.15) is 0 Å². The molecule has 23 heavy (non-hydrogen) atoms. The molecule has 3 atom stereocenters. The van der Waals surface area contributed by atoms with Crippen molar-refractivity contribution in [3.05, 3.63) is 48.0 Å². The van der Waals surface area contributed by atoms with Crippen LogP contribution in [0.3, 0.4) is 0 Å². The van der Waals surface area contributed by atoms with Crippen molar-refractivity contribution in [2.24, 2.45) is 17.8 Å². The maximum Gasteiger partial charge on any atom is 0.253 e. The highest BCUT2D eigenvalue weighted by molar-refractivity contribution is 5.94. The Morgan fingerprint density at radius 2 is 1.57 bits per heavy atom. The monoisotopic (exact) mass is 310 g/mol. The molecule has 1 aromatic rings. The Kier molecular flexibility index (Phi) is 3.68. The van der Waals surface area contributed by atoms with Crippen molar-refractivity contribution in [2.45, 2.75) is 12.8 Å². The van der Waals surface area contributed by atoms with Crippen LogP contribution in [0.1, 0.15) is 23.2 Å². The third kappa shape index (κ3) is 2.67. The molecule has 0 spiro atoms. The van der Waals surface area contributed by atoms with Gasteiger partial charge in [-0.25, -0.2) is 0 Å². The first-order valence-corrected chi connectivity index (χ1v) is 8.54. The van der Waals surface area contributed by atoms with Gasteiger partial charge in [-0.05, 0) is 36.8 Å². The van der Waals surface area contributed by atoms with Crippen molar-refractivity contribution in [2.75, 3.05) is 26.2 Å². The molecular formula is C19H22N2O2. The number of hydrogen-bond donors (Lipinski definition) is 0. The van der Waals surface area contributed by atoms with E-state index >= 15 is 0 Å². The lowest BCUT2D eigenvalue weighted by Crippen LogP contribution is -2.52. The molecule has 4 rings (SSSR count).